The van der Waals surface area contributed by atoms with Gasteiger partial charge in [0.25, 0.3) is 0 Å². The highest BCUT2D eigenvalue weighted by Crippen LogP contribution is 2.23. The van der Waals surface area contributed by atoms with Gasteiger partial charge in [-0.25, -0.2) is 0 Å². The van der Waals surface area contributed by atoms with Crippen LogP contribution in [-0.2, 0) is 0 Å². The second kappa shape index (κ2) is 2.88. The first-order valence-corrected chi connectivity index (χ1v) is 4.32. The average molecular weight is 171 g/mol. The zero-order valence-corrected chi connectivity index (χ0v) is 6.99. The number of H-pyrrole nitrogens is 1. The lowest BCUT2D eigenvalue weighted by Crippen LogP contribution is -2.12. The van der Waals surface area contributed by atoms with Crippen molar-refractivity contribution in [2.75, 3.05) is 6.54 Å². The van der Waals surface area contributed by atoms with Crippen LogP contribution in [0, 0.1) is 0 Å². The first-order chi connectivity index (χ1) is 5.36. The van der Waals surface area contributed by atoms with Gasteiger partial charge in [-0.3, -0.25) is 0 Å². The van der Waals surface area contributed by atoms with Crippen molar-refractivity contribution < 1.29 is 0 Å². The second-order valence-corrected chi connectivity index (χ2v) is 3.32. The van der Waals surface area contributed by atoms with E-state index in [2.05, 4.69) is 10.3 Å². The Hall–Kier alpha value is -0.470. The van der Waals surface area contributed by atoms with E-state index in [1.54, 1.807) is 0 Å². The summed E-state index contributed by atoms with van der Waals surface area (Å²) in [5, 5.41) is 4.13. The number of rotatable bonds is 1. The molecule has 0 aliphatic carbocycles. The summed E-state index contributed by atoms with van der Waals surface area (Å²) in [5.41, 5.74) is 1.22. The molecule has 0 saturated carbocycles. The van der Waals surface area contributed by atoms with E-state index in [1.807, 2.05) is 12.1 Å². The molecule has 3 heteroatoms. The van der Waals surface area contributed by atoms with Crippen molar-refractivity contribution in [2.45, 2.75) is 18.9 Å². The van der Waals surface area contributed by atoms with Crippen molar-refractivity contribution in [1.82, 2.24) is 10.3 Å². The van der Waals surface area contributed by atoms with Gasteiger partial charge in [0.15, 0.2) is 0 Å². The molecule has 2 N–H and O–H groups in total. The first kappa shape index (κ1) is 7.19. The number of hydrogen-bond acceptors (Lipinski definition) is 1. The molecule has 1 fully saturated rings. The van der Waals surface area contributed by atoms with Crippen molar-refractivity contribution in [3.05, 3.63) is 23.0 Å². The van der Waals surface area contributed by atoms with Crippen molar-refractivity contribution in [1.29, 1.82) is 0 Å². The minimum atomic E-state index is 0.502. The molecule has 11 heavy (non-hydrogen) atoms. The maximum atomic E-state index is 5.76. The van der Waals surface area contributed by atoms with Gasteiger partial charge >= 0.3 is 0 Å². The third kappa shape index (κ3) is 1.42. The van der Waals surface area contributed by atoms with Gasteiger partial charge in [0.05, 0.1) is 0 Å². The summed E-state index contributed by atoms with van der Waals surface area (Å²) in [7, 11) is 0. The van der Waals surface area contributed by atoms with Crippen molar-refractivity contribution in [3.8, 4) is 0 Å². The zero-order valence-electron chi connectivity index (χ0n) is 6.23. The molecule has 2 nitrogen and oxygen atoms in total. The van der Waals surface area contributed by atoms with E-state index in [0.717, 1.165) is 11.7 Å². The molecule has 1 aromatic rings. The number of nitrogens with one attached hydrogen (secondary N) is 2. The molecule has 2 heterocycles. The van der Waals surface area contributed by atoms with E-state index in [1.165, 1.54) is 18.5 Å². The largest absolute Gasteiger partial charge is 0.348 e. The lowest BCUT2D eigenvalue weighted by molar-refractivity contribution is 0.632. The Balaban J connectivity index is 2.15. The summed E-state index contributed by atoms with van der Waals surface area (Å²) < 4.78 is 0. The minimum Gasteiger partial charge on any atom is -0.348 e. The maximum Gasteiger partial charge on any atom is 0.106 e. The molecule has 1 aliphatic rings. The molecule has 0 spiro atoms. The van der Waals surface area contributed by atoms with Gasteiger partial charge in [-0.05, 0) is 31.5 Å². The highest BCUT2D eigenvalue weighted by molar-refractivity contribution is 6.29. The van der Waals surface area contributed by atoms with E-state index in [-0.39, 0.29) is 0 Å². The van der Waals surface area contributed by atoms with Crippen LogP contribution in [0.4, 0.5) is 0 Å². The smallest absolute Gasteiger partial charge is 0.106 e. The third-order valence-corrected chi connectivity index (χ3v) is 2.33. The highest BCUT2D eigenvalue weighted by atomic mass is 35.5. The van der Waals surface area contributed by atoms with Crippen LogP contribution in [0.25, 0.3) is 0 Å². The van der Waals surface area contributed by atoms with Gasteiger partial charge < -0.3 is 10.3 Å². The van der Waals surface area contributed by atoms with Gasteiger partial charge in [-0.15, -0.1) is 0 Å². The lowest BCUT2D eigenvalue weighted by atomic mass is 10.2. The van der Waals surface area contributed by atoms with Crippen molar-refractivity contribution in [3.63, 3.8) is 0 Å². The molecule has 1 aromatic heterocycles. The molecule has 0 bridgehead atoms. The molecule has 0 aromatic carbocycles. The molecular weight excluding hydrogens is 160 g/mol. The van der Waals surface area contributed by atoms with E-state index < -0.39 is 0 Å². The normalized spacial score (nSPS) is 24.3. The molecule has 0 radical (unpaired) electrons. The summed E-state index contributed by atoms with van der Waals surface area (Å²) in [6.45, 7) is 1.13. The number of aromatic amines is 1. The fourth-order valence-electron chi connectivity index (χ4n) is 1.54. The number of hydrogen-bond donors (Lipinski definition) is 2. The number of aromatic nitrogens is 1. The third-order valence-electron chi connectivity index (χ3n) is 2.11. The van der Waals surface area contributed by atoms with Gasteiger partial charge in [0.1, 0.15) is 5.15 Å². The summed E-state index contributed by atoms with van der Waals surface area (Å²) in [6.07, 6.45) is 2.48. The van der Waals surface area contributed by atoms with Crippen LogP contribution in [0.5, 0.6) is 0 Å². The van der Waals surface area contributed by atoms with Crippen LogP contribution >= 0.6 is 11.6 Å². The van der Waals surface area contributed by atoms with E-state index in [9.17, 15) is 0 Å². The van der Waals surface area contributed by atoms with E-state index in [4.69, 9.17) is 11.6 Å². The topological polar surface area (TPSA) is 27.8 Å². The van der Waals surface area contributed by atoms with E-state index in [0.29, 0.717) is 6.04 Å². The average Bonchev–Trinajstić information content (AvgIpc) is 2.55. The molecule has 60 valence electrons. The molecule has 0 unspecified atom stereocenters. The minimum absolute atomic E-state index is 0.502. The standard InChI is InChI=1S/C8H11ClN2/c9-8-4-3-7(11-8)6-2-1-5-10-6/h3-4,6,10-11H,1-2,5H2/t6-/m0/s1. The predicted octanol–water partition coefficient (Wildman–Crippen LogP) is 2.09. The van der Waals surface area contributed by atoms with Crippen LogP contribution in [0.2, 0.25) is 5.15 Å². The Labute approximate surface area is 70.9 Å². The van der Waals surface area contributed by atoms with Gasteiger partial charge in [0.2, 0.25) is 0 Å². The van der Waals surface area contributed by atoms with Crippen LogP contribution in [0.15, 0.2) is 12.1 Å². The Morgan fingerprint density at radius 2 is 2.36 bits per heavy atom. The molecule has 1 saturated heterocycles. The molecule has 1 aliphatic heterocycles. The Morgan fingerprint density at radius 1 is 1.45 bits per heavy atom. The zero-order chi connectivity index (χ0) is 7.68. The second-order valence-electron chi connectivity index (χ2n) is 2.91. The Kier molecular flexibility index (Phi) is 1.88. The fraction of sp³-hybridized carbons (Fsp3) is 0.500. The molecule has 2 rings (SSSR count). The Bertz CT molecular complexity index is 238. The molecule has 0 amide bonds. The molecular formula is C8H11ClN2. The summed E-state index contributed by atoms with van der Waals surface area (Å²) in [4.78, 5) is 3.12. The molecule has 1 atom stereocenters. The predicted molar refractivity (Wildman–Crippen MR) is 45.8 cm³/mol. The fourth-order valence-corrected chi connectivity index (χ4v) is 1.71. The van der Waals surface area contributed by atoms with Crippen molar-refractivity contribution in [2.24, 2.45) is 0 Å². The van der Waals surface area contributed by atoms with Crippen LogP contribution in [0.3, 0.4) is 0 Å². The van der Waals surface area contributed by atoms with Crippen molar-refractivity contribution >= 4 is 11.6 Å². The SMILES string of the molecule is Clc1ccc([C@@H]2CCCN2)[nH]1. The quantitative estimate of drug-likeness (QED) is 0.664. The summed E-state index contributed by atoms with van der Waals surface area (Å²) >= 11 is 5.76. The maximum absolute atomic E-state index is 5.76. The van der Waals surface area contributed by atoms with Crippen LogP contribution in [0.1, 0.15) is 24.6 Å². The lowest BCUT2D eigenvalue weighted by Gasteiger charge is -2.06. The van der Waals surface area contributed by atoms with Gasteiger partial charge in [-0.1, -0.05) is 11.6 Å². The summed E-state index contributed by atoms with van der Waals surface area (Å²) in [5.74, 6) is 0. The highest BCUT2D eigenvalue weighted by Gasteiger charge is 2.16. The van der Waals surface area contributed by atoms with Crippen LogP contribution < -0.4 is 5.32 Å². The van der Waals surface area contributed by atoms with Crippen LogP contribution in [-0.4, -0.2) is 11.5 Å². The monoisotopic (exact) mass is 170 g/mol. The van der Waals surface area contributed by atoms with Gasteiger partial charge in [0, 0.05) is 11.7 Å². The first-order valence-electron chi connectivity index (χ1n) is 3.94. The van der Waals surface area contributed by atoms with Gasteiger partial charge in [-0.2, -0.15) is 0 Å². The Morgan fingerprint density at radius 3 is 2.91 bits per heavy atom. The number of halogens is 1. The van der Waals surface area contributed by atoms with E-state index >= 15 is 0 Å². The summed E-state index contributed by atoms with van der Waals surface area (Å²) in [6, 6.07) is 4.45.